The van der Waals surface area contributed by atoms with Crippen molar-refractivity contribution in [1.82, 2.24) is 15.2 Å². The summed E-state index contributed by atoms with van der Waals surface area (Å²) in [5, 5.41) is 2.91. The van der Waals surface area contributed by atoms with E-state index in [0.29, 0.717) is 18.1 Å². The summed E-state index contributed by atoms with van der Waals surface area (Å²) in [5.41, 5.74) is 6.28. The molecule has 1 aromatic heterocycles. The van der Waals surface area contributed by atoms with Gasteiger partial charge in [0, 0.05) is 13.1 Å². The third-order valence-corrected chi connectivity index (χ3v) is 3.41. The normalized spacial score (nSPS) is 13.4. The molecular formula is C16H30N4O2. The van der Waals surface area contributed by atoms with Crippen LogP contribution in [0.4, 0.5) is 0 Å². The Morgan fingerprint density at radius 2 is 2.18 bits per heavy atom. The van der Waals surface area contributed by atoms with Gasteiger partial charge in [0.05, 0.1) is 6.04 Å². The Kier molecular flexibility index (Phi) is 7.03. The van der Waals surface area contributed by atoms with Crippen LogP contribution in [0.15, 0.2) is 10.7 Å². The average molecular weight is 310 g/mol. The van der Waals surface area contributed by atoms with Gasteiger partial charge in [0.1, 0.15) is 6.26 Å². The number of oxazole rings is 1. The zero-order valence-corrected chi connectivity index (χ0v) is 14.5. The standard InChI is InChI=1S/C16H30N4O2/c1-6-7-8-12(17)15-19-13(9-22-15)14(21)18-10-16(2,3)11-20(4)5/h9,12H,6-8,10-11,17H2,1-5H3,(H,18,21). The maximum absolute atomic E-state index is 12.1. The van der Waals surface area contributed by atoms with Crippen molar-refractivity contribution in [3.8, 4) is 0 Å². The first kappa shape index (κ1) is 18.6. The first-order valence-corrected chi connectivity index (χ1v) is 7.89. The van der Waals surface area contributed by atoms with Crippen LogP contribution < -0.4 is 11.1 Å². The van der Waals surface area contributed by atoms with Gasteiger partial charge in [-0.15, -0.1) is 0 Å². The first-order valence-electron chi connectivity index (χ1n) is 7.89. The fraction of sp³-hybridized carbons (Fsp3) is 0.750. The van der Waals surface area contributed by atoms with Crippen molar-refractivity contribution in [1.29, 1.82) is 0 Å². The Labute approximate surface area is 133 Å². The number of aromatic nitrogens is 1. The zero-order chi connectivity index (χ0) is 16.8. The minimum Gasteiger partial charge on any atom is -0.446 e. The highest BCUT2D eigenvalue weighted by Crippen LogP contribution is 2.17. The van der Waals surface area contributed by atoms with Crippen LogP contribution in [0.5, 0.6) is 0 Å². The van der Waals surface area contributed by atoms with Gasteiger partial charge in [-0.2, -0.15) is 0 Å². The largest absolute Gasteiger partial charge is 0.446 e. The number of unbranched alkanes of at least 4 members (excludes halogenated alkanes) is 1. The number of carbonyl (C=O) groups is 1. The lowest BCUT2D eigenvalue weighted by molar-refractivity contribution is 0.0924. The average Bonchev–Trinajstić information content (AvgIpc) is 2.90. The van der Waals surface area contributed by atoms with Gasteiger partial charge in [-0.3, -0.25) is 4.79 Å². The number of nitrogens with two attached hydrogens (primary N) is 1. The van der Waals surface area contributed by atoms with Gasteiger partial charge >= 0.3 is 0 Å². The molecule has 0 radical (unpaired) electrons. The van der Waals surface area contributed by atoms with Crippen LogP contribution in [0.25, 0.3) is 0 Å². The van der Waals surface area contributed by atoms with E-state index < -0.39 is 0 Å². The Morgan fingerprint density at radius 3 is 2.77 bits per heavy atom. The molecule has 0 fully saturated rings. The molecule has 0 saturated heterocycles. The smallest absolute Gasteiger partial charge is 0.273 e. The van der Waals surface area contributed by atoms with Crippen molar-refractivity contribution in [2.45, 2.75) is 46.1 Å². The molecule has 0 aliphatic rings. The second kappa shape index (κ2) is 8.29. The molecule has 0 spiro atoms. The number of hydrogen-bond donors (Lipinski definition) is 2. The summed E-state index contributed by atoms with van der Waals surface area (Å²) in [6, 6.07) is -0.244. The lowest BCUT2D eigenvalue weighted by Gasteiger charge is -2.28. The number of nitrogens with one attached hydrogen (secondary N) is 1. The summed E-state index contributed by atoms with van der Waals surface area (Å²) < 4.78 is 5.34. The molecule has 3 N–H and O–H groups in total. The van der Waals surface area contributed by atoms with E-state index in [0.717, 1.165) is 25.8 Å². The summed E-state index contributed by atoms with van der Waals surface area (Å²) in [6.07, 6.45) is 4.29. The van der Waals surface area contributed by atoms with Crippen LogP contribution in [0.1, 0.15) is 62.5 Å². The van der Waals surface area contributed by atoms with Gasteiger partial charge in [-0.1, -0.05) is 33.6 Å². The second-order valence-corrected chi connectivity index (χ2v) is 6.90. The Morgan fingerprint density at radius 1 is 1.50 bits per heavy atom. The lowest BCUT2D eigenvalue weighted by Crippen LogP contribution is -2.40. The van der Waals surface area contributed by atoms with E-state index in [1.54, 1.807) is 0 Å². The molecular weight excluding hydrogens is 280 g/mol. The quantitative estimate of drug-likeness (QED) is 0.730. The van der Waals surface area contributed by atoms with Crippen LogP contribution in [-0.2, 0) is 0 Å². The van der Waals surface area contributed by atoms with Crippen LogP contribution in [0.2, 0.25) is 0 Å². The predicted molar refractivity (Wildman–Crippen MR) is 87.6 cm³/mol. The minimum atomic E-state index is -0.244. The van der Waals surface area contributed by atoms with Crippen molar-refractivity contribution < 1.29 is 9.21 Å². The van der Waals surface area contributed by atoms with Crippen LogP contribution in [0.3, 0.4) is 0 Å². The maximum atomic E-state index is 12.1. The molecule has 1 rings (SSSR count). The van der Waals surface area contributed by atoms with Gasteiger partial charge in [0.2, 0.25) is 5.89 Å². The molecule has 0 aliphatic carbocycles. The molecule has 0 saturated carbocycles. The van der Waals surface area contributed by atoms with E-state index in [2.05, 4.69) is 36.0 Å². The SMILES string of the molecule is CCCCC(N)c1nc(C(=O)NCC(C)(C)CN(C)C)co1. The zero-order valence-electron chi connectivity index (χ0n) is 14.5. The highest BCUT2D eigenvalue weighted by atomic mass is 16.3. The van der Waals surface area contributed by atoms with Crippen molar-refractivity contribution in [2.24, 2.45) is 11.1 Å². The predicted octanol–water partition coefficient (Wildman–Crippen LogP) is 2.18. The molecule has 1 aromatic rings. The minimum absolute atomic E-state index is 0.0107. The van der Waals surface area contributed by atoms with Crippen LogP contribution >= 0.6 is 0 Å². The van der Waals surface area contributed by atoms with Crippen molar-refractivity contribution in [2.75, 3.05) is 27.2 Å². The monoisotopic (exact) mass is 310 g/mol. The molecule has 6 heteroatoms. The van der Waals surface area contributed by atoms with Crippen molar-refractivity contribution in [3.05, 3.63) is 17.8 Å². The highest BCUT2D eigenvalue weighted by molar-refractivity contribution is 5.91. The molecule has 0 aromatic carbocycles. The topological polar surface area (TPSA) is 84.4 Å². The fourth-order valence-corrected chi connectivity index (χ4v) is 2.43. The molecule has 1 atom stereocenters. The van der Waals surface area contributed by atoms with Crippen LogP contribution in [0, 0.1) is 5.41 Å². The van der Waals surface area contributed by atoms with Gasteiger partial charge in [0.25, 0.3) is 5.91 Å². The molecule has 0 aliphatic heterocycles. The molecule has 6 nitrogen and oxygen atoms in total. The van der Waals surface area contributed by atoms with E-state index in [9.17, 15) is 4.79 Å². The third kappa shape index (κ3) is 6.15. The van der Waals surface area contributed by atoms with Crippen molar-refractivity contribution in [3.63, 3.8) is 0 Å². The molecule has 22 heavy (non-hydrogen) atoms. The van der Waals surface area contributed by atoms with E-state index in [1.807, 2.05) is 14.1 Å². The molecule has 1 heterocycles. The van der Waals surface area contributed by atoms with Gasteiger partial charge in [-0.05, 0) is 25.9 Å². The Balaban J connectivity index is 2.54. The number of nitrogens with zero attached hydrogens (tertiary/aromatic N) is 2. The summed E-state index contributed by atoms with van der Waals surface area (Å²) in [4.78, 5) is 18.5. The second-order valence-electron chi connectivity index (χ2n) is 6.90. The van der Waals surface area contributed by atoms with Crippen molar-refractivity contribution >= 4 is 5.91 Å². The maximum Gasteiger partial charge on any atom is 0.273 e. The third-order valence-electron chi connectivity index (χ3n) is 3.41. The molecule has 0 bridgehead atoms. The Hall–Kier alpha value is -1.40. The van der Waals surface area contributed by atoms with Crippen LogP contribution in [-0.4, -0.2) is 43.0 Å². The summed E-state index contributed by atoms with van der Waals surface area (Å²) >= 11 is 0. The summed E-state index contributed by atoms with van der Waals surface area (Å²) in [7, 11) is 4.04. The molecule has 126 valence electrons. The lowest BCUT2D eigenvalue weighted by atomic mass is 9.93. The van der Waals surface area contributed by atoms with E-state index in [-0.39, 0.29) is 17.4 Å². The summed E-state index contributed by atoms with van der Waals surface area (Å²) in [6.45, 7) is 7.80. The van der Waals surface area contributed by atoms with Gasteiger partial charge < -0.3 is 20.4 Å². The summed E-state index contributed by atoms with van der Waals surface area (Å²) in [5.74, 6) is 0.218. The number of rotatable bonds is 9. The fourth-order valence-electron chi connectivity index (χ4n) is 2.43. The number of carbonyl (C=O) groups excluding carboxylic acids is 1. The van der Waals surface area contributed by atoms with Gasteiger partial charge in [-0.25, -0.2) is 4.98 Å². The number of hydrogen-bond acceptors (Lipinski definition) is 5. The van der Waals surface area contributed by atoms with E-state index in [1.165, 1.54) is 6.26 Å². The van der Waals surface area contributed by atoms with E-state index in [4.69, 9.17) is 10.2 Å². The van der Waals surface area contributed by atoms with Gasteiger partial charge in [0.15, 0.2) is 5.69 Å². The Bertz CT molecular complexity index is 468. The highest BCUT2D eigenvalue weighted by Gasteiger charge is 2.22. The van der Waals surface area contributed by atoms with E-state index >= 15 is 0 Å². The first-order chi connectivity index (χ1) is 10.2. The molecule has 1 unspecified atom stereocenters. The molecule has 1 amide bonds. The number of amides is 1.